The SMILES string of the molecule is CC1CCCC(O)(CNCc2cncs2)C1. The molecule has 2 rings (SSSR count). The molecule has 16 heavy (non-hydrogen) atoms. The Morgan fingerprint density at radius 3 is 3.25 bits per heavy atom. The number of aromatic nitrogens is 1. The molecule has 1 saturated carbocycles. The minimum atomic E-state index is -0.484. The zero-order valence-electron chi connectivity index (χ0n) is 9.78. The Hall–Kier alpha value is -0.450. The first kappa shape index (κ1) is 12.0. The lowest BCUT2D eigenvalue weighted by Crippen LogP contribution is -2.43. The fraction of sp³-hybridized carbons (Fsp3) is 0.750. The molecule has 1 aromatic rings. The van der Waals surface area contributed by atoms with E-state index < -0.39 is 5.60 Å². The molecule has 2 unspecified atom stereocenters. The van der Waals surface area contributed by atoms with Gasteiger partial charge in [0.25, 0.3) is 0 Å². The minimum absolute atomic E-state index is 0.484. The number of aliphatic hydroxyl groups is 1. The van der Waals surface area contributed by atoms with E-state index in [0.717, 1.165) is 25.8 Å². The Morgan fingerprint density at radius 1 is 1.69 bits per heavy atom. The summed E-state index contributed by atoms with van der Waals surface area (Å²) in [4.78, 5) is 5.26. The van der Waals surface area contributed by atoms with Crippen LogP contribution in [-0.4, -0.2) is 22.2 Å². The highest BCUT2D eigenvalue weighted by Gasteiger charge is 2.31. The van der Waals surface area contributed by atoms with Gasteiger partial charge >= 0.3 is 0 Å². The molecule has 4 heteroatoms. The molecule has 0 bridgehead atoms. The molecule has 0 saturated heterocycles. The zero-order valence-corrected chi connectivity index (χ0v) is 10.6. The fourth-order valence-electron chi connectivity index (χ4n) is 2.54. The van der Waals surface area contributed by atoms with Gasteiger partial charge in [-0.1, -0.05) is 19.8 Å². The first-order valence-electron chi connectivity index (χ1n) is 5.98. The smallest absolute Gasteiger partial charge is 0.0794 e. The van der Waals surface area contributed by atoms with Gasteiger partial charge in [0, 0.05) is 24.2 Å². The van der Waals surface area contributed by atoms with Crippen LogP contribution in [0.5, 0.6) is 0 Å². The zero-order chi connectivity index (χ0) is 11.4. The van der Waals surface area contributed by atoms with Crippen LogP contribution in [0.1, 0.15) is 37.5 Å². The third-order valence-corrected chi connectivity index (χ3v) is 4.08. The Kier molecular flexibility index (Phi) is 3.95. The largest absolute Gasteiger partial charge is 0.389 e. The van der Waals surface area contributed by atoms with Gasteiger partial charge in [0.05, 0.1) is 11.1 Å². The second kappa shape index (κ2) is 5.25. The highest BCUT2D eigenvalue weighted by molar-refractivity contribution is 7.09. The molecule has 0 aromatic carbocycles. The maximum atomic E-state index is 10.4. The molecular formula is C12H20N2OS. The lowest BCUT2D eigenvalue weighted by Gasteiger charge is -2.35. The average Bonchev–Trinajstić information content (AvgIpc) is 2.69. The second-order valence-electron chi connectivity index (χ2n) is 5.00. The lowest BCUT2D eigenvalue weighted by atomic mass is 9.79. The summed E-state index contributed by atoms with van der Waals surface area (Å²) in [7, 11) is 0. The van der Waals surface area contributed by atoms with Crippen LogP contribution in [0.3, 0.4) is 0 Å². The minimum Gasteiger partial charge on any atom is -0.389 e. The standard InChI is InChI=1S/C12H20N2OS/c1-10-3-2-4-12(15,5-10)8-13-6-11-7-14-9-16-11/h7,9-10,13,15H,2-6,8H2,1H3. The first-order chi connectivity index (χ1) is 7.68. The van der Waals surface area contributed by atoms with Crippen LogP contribution in [0.4, 0.5) is 0 Å². The third kappa shape index (κ3) is 3.27. The van der Waals surface area contributed by atoms with Crippen molar-refractivity contribution >= 4 is 11.3 Å². The molecule has 0 amide bonds. The van der Waals surface area contributed by atoms with Crippen molar-refractivity contribution in [3.05, 3.63) is 16.6 Å². The van der Waals surface area contributed by atoms with Crippen LogP contribution < -0.4 is 5.32 Å². The monoisotopic (exact) mass is 240 g/mol. The molecule has 1 fully saturated rings. The summed E-state index contributed by atoms with van der Waals surface area (Å²) in [5.74, 6) is 0.656. The summed E-state index contributed by atoms with van der Waals surface area (Å²) in [5, 5.41) is 13.7. The van der Waals surface area contributed by atoms with Crippen LogP contribution in [-0.2, 0) is 6.54 Å². The predicted octanol–water partition coefficient (Wildman–Crippen LogP) is 2.17. The Morgan fingerprint density at radius 2 is 2.56 bits per heavy atom. The van der Waals surface area contributed by atoms with Crippen molar-refractivity contribution in [2.75, 3.05) is 6.54 Å². The van der Waals surface area contributed by atoms with Gasteiger partial charge in [0.15, 0.2) is 0 Å². The molecule has 1 heterocycles. The van der Waals surface area contributed by atoms with Gasteiger partial charge in [0.1, 0.15) is 0 Å². The van der Waals surface area contributed by atoms with Crippen molar-refractivity contribution in [2.45, 2.75) is 44.8 Å². The van der Waals surface area contributed by atoms with E-state index in [-0.39, 0.29) is 0 Å². The molecule has 1 aliphatic carbocycles. The van der Waals surface area contributed by atoms with Gasteiger partial charge < -0.3 is 10.4 Å². The summed E-state index contributed by atoms with van der Waals surface area (Å²) < 4.78 is 0. The molecule has 1 aliphatic rings. The van der Waals surface area contributed by atoms with Crippen molar-refractivity contribution in [1.82, 2.24) is 10.3 Å². The van der Waals surface area contributed by atoms with Gasteiger partial charge in [-0.2, -0.15) is 0 Å². The molecule has 0 spiro atoms. The number of hydrogen-bond donors (Lipinski definition) is 2. The molecule has 2 atom stereocenters. The van der Waals surface area contributed by atoms with Gasteiger partial charge in [-0.25, -0.2) is 0 Å². The van der Waals surface area contributed by atoms with E-state index in [9.17, 15) is 5.11 Å². The predicted molar refractivity (Wildman–Crippen MR) is 66.4 cm³/mol. The van der Waals surface area contributed by atoms with Gasteiger partial charge in [-0.3, -0.25) is 4.98 Å². The molecule has 90 valence electrons. The Bertz CT molecular complexity index is 315. The first-order valence-corrected chi connectivity index (χ1v) is 6.86. The molecule has 3 nitrogen and oxygen atoms in total. The van der Waals surface area contributed by atoms with Crippen molar-refractivity contribution < 1.29 is 5.11 Å². The Labute approximate surface area is 101 Å². The van der Waals surface area contributed by atoms with Crippen molar-refractivity contribution in [2.24, 2.45) is 5.92 Å². The average molecular weight is 240 g/mol. The van der Waals surface area contributed by atoms with Crippen LogP contribution in [0.15, 0.2) is 11.7 Å². The van der Waals surface area contributed by atoms with E-state index in [4.69, 9.17) is 0 Å². The van der Waals surface area contributed by atoms with E-state index in [0.29, 0.717) is 12.5 Å². The van der Waals surface area contributed by atoms with E-state index in [1.807, 2.05) is 11.7 Å². The summed E-state index contributed by atoms with van der Waals surface area (Å²) in [6, 6.07) is 0. The number of nitrogens with one attached hydrogen (secondary N) is 1. The maximum absolute atomic E-state index is 10.4. The van der Waals surface area contributed by atoms with Crippen LogP contribution in [0.25, 0.3) is 0 Å². The number of nitrogens with zero attached hydrogens (tertiary/aromatic N) is 1. The van der Waals surface area contributed by atoms with E-state index in [1.54, 1.807) is 11.3 Å². The number of rotatable bonds is 4. The second-order valence-corrected chi connectivity index (χ2v) is 5.97. The summed E-state index contributed by atoms with van der Waals surface area (Å²) in [6.45, 7) is 3.75. The molecule has 0 aliphatic heterocycles. The normalized spacial score (nSPS) is 30.5. The quantitative estimate of drug-likeness (QED) is 0.848. The van der Waals surface area contributed by atoms with Crippen LogP contribution in [0.2, 0.25) is 0 Å². The van der Waals surface area contributed by atoms with E-state index in [1.165, 1.54) is 11.3 Å². The van der Waals surface area contributed by atoms with Crippen LogP contribution >= 0.6 is 11.3 Å². The molecule has 2 N–H and O–H groups in total. The number of hydrogen-bond acceptors (Lipinski definition) is 4. The Balaban J connectivity index is 1.76. The lowest BCUT2D eigenvalue weighted by molar-refractivity contribution is -0.0118. The molecule has 1 aromatic heterocycles. The third-order valence-electron chi connectivity index (χ3n) is 3.30. The van der Waals surface area contributed by atoms with Crippen molar-refractivity contribution in [3.63, 3.8) is 0 Å². The number of thiazole rings is 1. The van der Waals surface area contributed by atoms with E-state index in [2.05, 4.69) is 17.2 Å². The topological polar surface area (TPSA) is 45.1 Å². The fourth-order valence-corrected chi connectivity index (χ4v) is 3.10. The van der Waals surface area contributed by atoms with Gasteiger partial charge in [0.2, 0.25) is 0 Å². The van der Waals surface area contributed by atoms with Gasteiger partial charge in [-0.15, -0.1) is 11.3 Å². The molecule has 0 radical (unpaired) electrons. The highest BCUT2D eigenvalue weighted by atomic mass is 32.1. The maximum Gasteiger partial charge on any atom is 0.0794 e. The van der Waals surface area contributed by atoms with Gasteiger partial charge in [-0.05, 0) is 18.8 Å². The molecular weight excluding hydrogens is 220 g/mol. The summed E-state index contributed by atoms with van der Waals surface area (Å²) in [5.41, 5.74) is 1.36. The highest BCUT2D eigenvalue weighted by Crippen LogP contribution is 2.31. The van der Waals surface area contributed by atoms with E-state index >= 15 is 0 Å². The van der Waals surface area contributed by atoms with Crippen molar-refractivity contribution in [1.29, 1.82) is 0 Å². The van der Waals surface area contributed by atoms with Crippen LogP contribution in [0, 0.1) is 5.92 Å². The summed E-state index contributed by atoms with van der Waals surface area (Å²) >= 11 is 1.65. The van der Waals surface area contributed by atoms with Crippen molar-refractivity contribution in [3.8, 4) is 0 Å². The summed E-state index contributed by atoms with van der Waals surface area (Å²) in [6.07, 6.45) is 6.16.